The Balaban J connectivity index is 2.28. The van der Waals surface area contributed by atoms with Crippen LogP contribution in [0.1, 0.15) is 20.3 Å². The molecule has 1 aromatic rings. The molecule has 6 heteroatoms. The van der Waals surface area contributed by atoms with Crippen LogP contribution >= 0.6 is 11.3 Å². The van der Waals surface area contributed by atoms with Crippen LogP contribution in [-0.4, -0.2) is 22.6 Å². The zero-order valence-corrected chi connectivity index (χ0v) is 10.7. The number of hydrogen-bond acceptors (Lipinski definition) is 6. The van der Waals surface area contributed by atoms with E-state index in [4.69, 9.17) is 10.5 Å². The molecule has 0 aliphatic carbocycles. The van der Waals surface area contributed by atoms with Gasteiger partial charge in [0.25, 0.3) is 5.19 Å². The van der Waals surface area contributed by atoms with E-state index in [1.165, 1.54) is 11.3 Å². The second kappa shape index (κ2) is 6.80. The average molecular weight is 253 g/mol. The van der Waals surface area contributed by atoms with E-state index in [0.717, 1.165) is 0 Å². The summed E-state index contributed by atoms with van der Waals surface area (Å²) < 4.78 is 5.31. The van der Waals surface area contributed by atoms with Gasteiger partial charge in [-0.05, 0) is 31.6 Å². The normalized spacial score (nSPS) is 12.0. The molecule has 0 atom stereocenters. The van der Waals surface area contributed by atoms with E-state index >= 15 is 0 Å². The number of anilines is 1. The fourth-order valence-corrected chi connectivity index (χ4v) is 1.60. The van der Waals surface area contributed by atoms with Crippen LogP contribution in [0, 0.1) is 0 Å². The summed E-state index contributed by atoms with van der Waals surface area (Å²) in [5.41, 5.74) is 6.11. The summed E-state index contributed by atoms with van der Waals surface area (Å²) in [6.07, 6.45) is 6.16. The Morgan fingerprint density at radius 1 is 1.53 bits per heavy atom. The molecular weight excluding hydrogens is 238 g/mol. The number of hydrogen-bond donors (Lipinski definition) is 1. The summed E-state index contributed by atoms with van der Waals surface area (Å²) in [5.74, 6) is 0.0570. The molecular formula is C11H15N3O2S. The first-order chi connectivity index (χ1) is 8.13. The van der Waals surface area contributed by atoms with Gasteiger partial charge in [0.2, 0.25) is 5.13 Å². The molecule has 0 amide bonds. The third kappa shape index (κ3) is 4.78. The Labute approximate surface area is 104 Å². The molecule has 0 saturated carbocycles. The summed E-state index contributed by atoms with van der Waals surface area (Å²) in [6, 6.07) is 0. The van der Waals surface area contributed by atoms with E-state index in [1.54, 1.807) is 19.1 Å². The maximum absolute atomic E-state index is 11.1. The van der Waals surface area contributed by atoms with Gasteiger partial charge in [-0.1, -0.05) is 23.3 Å². The largest absolute Gasteiger partial charge is 0.469 e. The molecule has 0 spiro atoms. The van der Waals surface area contributed by atoms with Crippen molar-refractivity contribution < 1.29 is 9.53 Å². The van der Waals surface area contributed by atoms with Crippen molar-refractivity contribution in [2.45, 2.75) is 20.3 Å². The summed E-state index contributed by atoms with van der Waals surface area (Å²) in [5, 5.41) is 8.21. The highest BCUT2D eigenvalue weighted by atomic mass is 32.1. The molecule has 0 aromatic carbocycles. The number of allylic oxidation sites excluding steroid dienone is 3. The molecule has 1 aromatic heterocycles. The van der Waals surface area contributed by atoms with Gasteiger partial charge in [0, 0.05) is 5.57 Å². The lowest BCUT2D eigenvalue weighted by atomic mass is 10.1. The van der Waals surface area contributed by atoms with E-state index in [0.29, 0.717) is 28.9 Å². The molecule has 0 fully saturated rings. The topological polar surface area (TPSA) is 78.1 Å². The minimum absolute atomic E-state index is 0.0570. The minimum Gasteiger partial charge on any atom is -0.469 e. The summed E-state index contributed by atoms with van der Waals surface area (Å²) in [4.78, 5) is 11.1. The predicted octanol–water partition coefficient (Wildman–Crippen LogP) is 1.98. The van der Waals surface area contributed by atoms with Crippen LogP contribution in [-0.2, 0) is 4.79 Å². The standard InChI is InChI=1S/C11H15N3O2S/c1-3-9(8(2)15)6-4-5-7-16-11-14-13-10(12)17-11/h3-4,6H,5,7H2,1-2H3,(H2,12,13)/b6-4-,9-3+. The molecule has 0 aliphatic heterocycles. The molecule has 0 unspecified atom stereocenters. The van der Waals surface area contributed by atoms with Crippen LogP contribution in [0.5, 0.6) is 5.19 Å². The lowest BCUT2D eigenvalue weighted by molar-refractivity contribution is -0.113. The molecule has 17 heavy (non-hydrogen) atoms. The quantitative estimate of drug-likeness (QED) is 0.476. The van der Waals surface area contributed by atoms with Crippen LogP contribution in [0.15, 0.2) is 23.8 Å². The fourth-order valence-electron chi connectivity index (χ4n) is 1.12. The van der Waals surface area contributed by atoms with Crippen LogP contribution in [0.4, 0.5) is 5.13 Å². The van der Waals surface area contributed by atoms with Crippen molar-refractivity contribution in [1.29, 1.82) is 0 Å². The Bertz CT molecular complexity index is 438. The van der Waals surface area contributed by atoms with Crippen molar-refractivity contribution >= 4 is 22.3 Å². The maximum atomic E-state index is 11.1. The van der Waals surface area contributed by atoms with Crippen molar-refractivity contribution in [2.24, 2.45) is 0 Å². The molecule has 0 radical (unpaired) electrons. The maximum Gasteiger partial charge on any atom is 0.295 e. The zero-order chi connectivity index (χ0) is 12.7. The first kappa shape index (κ1) is 13.4. The number of nitrogens with zero attached hydrogens (tertiary/aromatic N) is 2. The number of nitrogens with two attached hydrogens (primary N) is 1. The monoisotopic (exact) mass is 253 g/mol. The molecule has 5 nitrogen and oxygen atoms in total. The lowest BCUT2D eigenvalue weighted by Crippen LogP contribution is -1.96. The number of rotatable bonds is 6. The number of carbonyl (C=O) groups is 1. The molecule has 1 rings (SSSR count). The number of ketones is 1. The van der Waals surface area contributed by atoms with E-state index in [9.17, 15) is 4.79 Å². The smallest absolute Gasteiger partial charge is 0.295 e. The SMILES string of the molecule is C/C=C(\C=C/CCOc1nnc(N)s1)C(C)=O. The second-order valence-corrected chi connectivity index (χ2v) is 4.22. The number of ether oxygens (including phenoxy) is 1. The lowest BCUT2D eigenvalue weighted by Gasteiger charge is -1.97. The van der Waals surface area contributed by atoms with Crippen molar-refractivity contribution in [1.82, 2.24) is 10.2 Å². The molecule has 0 bridgehead atoms. The van der Waals surface area contributed by atoms with E-state index < -0.39 is 0 Å². The highest BCUT2D eigenvalue weighted by molar-refractivity contribution is 7.16. The summed E-state index contributed by atoms with van der Waals surface area (Å²) >= 11 is 1.21. The molecule has 1 heterocycles. The van der Waals surface area contributed by atoms with Gasteiger partial charge in [-0.15, -0.1) is 5.10 Å². The predicted molar refractivity (Wildman–Crippen MR) is 68.0 cm³/mol. The average Bonchev–Trinajstić information content (AvgIpc) is 2.69. The van der Waals surface area contributed by atoms with Gasteiger partial charge in [-0.25, -0.2) is 0 Å². The van der Waals surface area contributed by atoms with E-state index in [2.05, 4.69) is 10.2 Å². The van der Waals surface area contributed by atoms with Crippen molar-refractivity contribution in [3.05, 3.63) is 23.8 Å². The Morgan fingerprint density at radius 2 is 2.29 bits per heavy atom. The minimum atomic E-state index is 0.0570. The zero-order valence-electron chi connectivity index (χ0n) is 9.84. The van der Waals surface area contributed by atoms with Crippen molar-refractivity contribution in [3.63, 3.8) is 0 Å². The van der Waals surface area contributed by atoms with Crippen LogP contribution in [0.3, 0.4) is 0 Å². The molecule has 92 valence electrons. The van der Waals surface area contributed by atoms with Crippen LogP contribution in [0.25, 0.3) is 0 Å². The van der Waals surface area contributed by atoms with Gasteiger partial charge in [0.05, 0.1) is 6.61 Å². The van der Waals surface area contributed by atoms with Crippen LogP contribution < -0.4 is 10.5 Å². The Morgan fingerprint density at radius 3 is 2.82 bits per heavy atom. The Hall–Kier alpha value is -1.69. The summed E-state index contributed by atoms with van der Waals surface area (Å²) in [6.45, 7) is 3.86. The molecule has 0 aliphatic rings. The first-order valence-electron chi connectivity index (χ1n) is 5.19. The van der Waals surface area contributed by atoms with Gasteiger partial charge >= 0.3 is 0 Å². The first-order valence-corrected chi connectivity index (χ1v) is 6.00. The van der Waals surface area contributed by atoms with Gasteiger partial charge in [0.1, 0.15) is 0 Å². The third-order valence-electron chi connectivity index (χ3n) is 1.95. The number of Topliss-reactive ketones (excluding diaryl/α,β-unsaturated/α-hetero) is 1. The van der Waals surface area contributed by atoms with Gasteiger partial charge in [0.15, 0.2) is 5.78 Å². The third-order valence-corrected chi connectivity index (χ3v) is 2.61. The van der Waals surface area contributed by atoms with E-state index in [-0.39, 0.29) is 5.78 Å². The fraction of sp³-hybridized carbons (Fsp3) is 0.364. The van der Waals surface area contributed by atoms with Crippen LogP contribution in [0.2, 0.25) is 0 Å². The molecule has 2 N–H and O–H groups in total. The Kier molecular flexibility index (Phi) is 5.35. The summed E-state index contributed by atoms with van der Waals surface area (Å²) in [7, 11) is 0. The molecule has 0 saturated heterocycles. The van der Waals surface area contributed by atoms with Gasteiger partial charge in [-0.2, -0.15) is 0 Å². The van der Waals surface area contributed by atoms with Gasteiger partial charge < -0.3 is 10.5 Å². The number of aromatic nitrogens is 2. The number of carbonyl (C=O) groups excluding carboxylic acids is 1. The van der Waals surface area contributed by atoms with E-state index in [1.807, 2.05) is 13.0 Å². The van der Waals surface area contributed by atoms with Crippen molar-refractivity contribution in [2.75, 3.05) is 12.3 Å². The van der Waals surface area contributed by atoms with Gasteiger partial charge in [-0.3, -0.25) is 4.79 Å². The highest BCUT2D eigenvalue weighted by Gasteiger charge is 2.00. The highest BCUT2D eigenvalue weighted by Crippen LogP contribution is 2.18. The van der Waals surface area contributed by atoms with Crippen molar-refractivity contribution in [3.8, 4) is 5.19 Å². The number of nitrogen functional groups attached to an aromatic ring is 1. The second-order valence-electron chi connectivity index (χ2n) is 3.25.